The summed E-state index contributed by atoms with van der Waals surface area (Å²) in [5.41, 5.74) is 3.34. The number of carbonyl (C=O) groups excluding carboxylic acids is 1. The van der Waals surface area contributed by atoms with Gasteiger partial charge in [-0.1, -0.05) is 48.5 Å². The number of halogens is 1. The van der Waals surface area contributed by atoms with Gasteiger partial charge in [0.2, 0.25) is 5.91 Å². The first-order chi connectivity index (χ1) is 16.2. The van der Waals surface area contributed by atoms with Crippen LogP contribution in [0.25, 0.3) is 11.4 Å². The molecule has 3 aromatic rings. The molecule has 1 amide bonds. The molecule has 2 heterocycles. The Balaban J connectivity index is 0.00000324. The Morgan fingerprint density at radius 2 is 1.97 bits per heavy atom. The molecule has 3 N–H and O–H groups in total. The van der Waals surface area contributed by atoms with Gasteiger partial charge < -0.3 is 15.5 Å². The molecule has 1 atom stereocenters. The number of aromatic amines is 1. The third kappa shape index (κ3) is 7.28. The lowest BCUT2D eigenvalue weighted by Crippen LogP contribution is -2.40. The van der Waals surface area contributed by atoms with E-state index in [4.69, 9.17) is 4.99 Å². The number of nitrogens with one attached hydrogen (secondary N) is 3. The molecule has 34 heavy (non-hydrogen) atoms. The minimum atomic E-state index is 0. The maximum absolute atomic E-state index is 12.5. The summed E-state index contributed by atoms with van der Waals surface area (Å²) in [4.78, 5) is 23.4. The number of rotatable bonds is 9. The van der Waals surface area contributed by atoms with E-state index in [0.717, 1.165) is 55.5 Å². The molecule has 0 spiro atoms. The first-order valence-corrected chi connectivity index (χ1v) is 11.5. The molecule has 1 saturated heterocycles. The second kappa shape index (κ2) is 13.1. The first kappa shape index (κ1) is 25.7. The second-order valence-corrected chi connectivity index (χ2v) is 8.26. The van der Waals surface area contributed by atoms with E-state index < -0.39 is 0 Å². The predicted molar refractivity (Wildman–Crippen MR) is 145 cm³/mol. The Kier molecular flexibility index (Phi) is 9.87. The van der Waals surface area contributed by atoms with Gasteiger partial charge in [-0.3, -0.25) is 9.89 Å². The fourth-order valence-electron chi connectivity index (χ4n) is 4.03. The third-order valence-corrected chi connectivity index (χ3v) is 5.75. The Labute approximate surface area is 217 Å². The van der Waals surface area contributed by atoms with E-state index in [-0.39, 0.29) is 35.8 Å². The van der Waals surface area contributed by atoms with Crippen molar-refractivity contribution in [2.75, 3.05) is 26.2 Å². The van der Waals surface area contributed by atoms with Crippen molar-refractivity contribution >= 4 is 35.8 Å². The third-order valence-electron chi connectivity index (χ3n) is 5.75. The van der Waals surface area contributed by atoms with Crippen LogP contribution < -0.4 is 10.6 Å². The maximum Gasteiger partial charge on any atom is 0.223 e. The topological polar surface area (TPSA) is 98.3 Å². The van der Waals surface area contributed by atoms with Crippen molar-refractivity contribution in [2.24, 2.45) is 10.9 Å². The van der Waals surface area contributed by atoms with Crippen LogP contribution in [-0.4, -0.2) is 58.1 Å². The molecule has 1 aliphatic heterocycles. The number of carbonyl (C=O) groups is 1. The van der Waals surface area contributed by atoms with Gasteiger partial charge in [0.05, 0.1) is 6.54 Å². The van der Waals surface area contributed by atoms with Gasteiger partial charge >= 0.3 is 0 Å². The van der Waals surface area contributed by atoms with Gasteiger partial charge in [0, 0.05) is 44.1 Å². The van der Waals surface area contributed by atoms with Crippen LogP contribution in [-0.2, 0) is 17.8 Å². The number of guanidine groups is 1. The van der Waals surface area contributed by atoms with Crippen molar-refractivity contribution in [3.05, 3.63) is 72.1 Å². The summed E-state index contributed by atoms with van der Waals surface area (Å²) in [6.45, 7) is 5.65. The average molecular weight is 573 g/mol. The predicted octanol–water partition coefficient (Wildman–Crippen LogP) is 3.24. The Bertz CT molecular complexity index is 1060. The highest BCUT2D eigenvalue weighted by Crippen LogP contribution is 2.18. The largest absolute Gasteiger partial charge is 0.357 e. The number of likely N-dealkylation sites (tertiary alicyclic amines) is 1. The normalized spacial score (nSPS) is 15.8. The van der Waals surface area contributed by atoms with Gasteiger partial charge in [0.25, 0.3) is 0 Å². The summed E-state index contributed by atoms with van der Waals surface area (Å²) < 4.78 is 0. The van der Waals surface area contributed by atoms with Gasteiger partial charge in [0.1, 0.15) is 6.33 Å². The highest BCUT2D eigenvalue weighted by molar-refractivity contribution is 14.0. The molecule has 180 valence electrons. The van der Waals surface area contributed by atoms with Crippen LogP contribution in [0, 0.1) is 5.92 Å². The maximum atomic E-state index is 12.5. The van der Waals surface area contributed by atoms with Crippen molar-refractivity contribution in [2.45, 2.75) is 26.3 Å². The SMILES string of the molecule is CCNC(=NCc1cccc(-c2ncn[nH]2)c1)NCC1CC(=O)N(CCc2ccccc2)C1.I. The summed E-state index contributed by atoms with van der Waals surface area (Å²) in [7, 11) is 0. The molecule has 0 aliphatic carbocycles. The van der Waals surface area contributed by atoms with E-state index in [1.54, 1.807) is 0 Å². The van der Waals surface area contributed by atoms with Crippen molar-refractivity contribution < 1.29 is 4.79 Å². The molecule has 0 bridgehead atoms. The van der Waals surface area contributed by atoms with E-state index >= 15 is 0 Å². The number of nitrogens with zero attached hydrogens (tertiary/aromatic N) is 4. The molecule has 1 unspecified atom stereocenters. The molecule has 1 aliphatic rings. The van der Waals surface area contributed by atoms with Crippen LogP contribution in [0.4, 0.5) is 0 Å². The van der Waals surface area contributed by atoms with E-state index in [9.17, 15) is 4.79 Å². The number of aromatic nitrogens is 3. The molecule has 1 fully saturated rings. The van der Waals surface area contributed by atoms with E-state index in [0.29, 0.717) is 13.0 Å². The lowest BCUT2D eigenvalue weighted by atomic mass is 10.1. The quantitative estimate of drug-likeness (QED) is 0.208. The molecule has 9 heteroatoms. The molecule has 8 nitrogen and oxygen atoms in total. The zero-order valence-corrected chi connectivity index (χ0v) is 21.7. The van der Waals surface area contributed by atoms with Gasteiger partial charge in [0.15, 0.2) is 11.8 Å². The van der Waals surface area contributed by atoms with Crippen LogP contribution in [0.1, 0.15) is 24.5 Å². The molecule has 0 radical (unpaired) electrons. The van der Waals surface area contributed by atoms with Crippen molar-refractivity contribution in [1.29, 1.82) is 0 Å². The number of H-pyrrole nitrogens is 1. The van der Waals surface area contributed by atoms with Crippen molar-refractivity contribution in [3.8, 4) is 11.4 Å². The van der Waals surface area contributed by atoms with Gasteiger partial charge in [-0.15, -0.1) is 24.0 Å². The summed E-state index contributed by atoms with van der Waals surface area (Å²) >= 11 is 0. The van der Waals surface area contributed by atoms with Crippen molar-refractivity contribution in [3.63, 3.8) is 0 Å². The Morgan fingerprint density at radius 1 is 1.15 bits per heavy atom. The van der Waals surface area contributed by atoms with Crippen LogP contribution in [0.5, 0.6) is 0 Å². The minimum absolute atomic E-state index is 0. The zero-order chi connectivity index (χ0) is 22.9. The van der Waals surface area contributed by atoms with Crippen LogP contribution >= 0.6 is 24.0 Å². The number of amides is 1. The lowest BCUT2D eigenvalue weighted by Gasteiger charge is -2.18. The lowest BCUT2D eigenvalue weighted by molar-refractivity contribution is -0.127. The number of hydrogen-bond donors (Lipinski definition) is 3. The highest BCUT2D eigenvalue weighted by atomic mass is 127. The fraction of sp³-hybridized carbons (Fsp3) is 0.360. The number of hydrogen-bond acceptors (Lipinski definition) is 4. The molecular formula is C25H32IN7O. The highest BCUT2D eigenvalue weighted by Gasteiger charge is 2.29. The van der Waals surface area contributed by atoms with Crippen LogP contribution in [0.3, 0.4) is 0 Å². The molecule has 4 rings (SSSR count). The van der Waals surface area contributed by atoms with Gasteiger partial charge in [-0.2, -0.15) is 5.10 Å². The minimum Gasteiger partial charge on any atom is -0.357 e. The van der Waals surface area contributed by atoms with Crippen molar-refractivity contribution in [1.82, 2.24) is 30.7 Å². The van der Waals surface area contributed by atoms with Gasteiger partial charge in [-0.25, -0.2) is 9.98 Å². The molecule has 1 aromatic heterocycles. The smallest absolute Gasteiger partial charge is 0.223 e. The summed E-state index contributed by atoms with van der Waals surface area (Å²) in [6.07, 6.45) is 2.98. The number of benzene rings is 2. The molecule has 0 saturated carbocycles. The number of aliphatic imine (C=N–C) groups is 1. The van der Waals surface area contributed by atoms with E-state index in [1.807, 2.05) is 48.2 Å². The second-order valence-electron chi connectivity index (χ2n) is 8.26. The van der Waals surface area contributed by atoms with E-state index in [1.165, 1.54) is 11.9 Å². The van der Waals surface area contributed by atoms with Crippen LogP contribution in [0.15, 0.2) is 65.9 Å². The standard InChI is InChI=1S/C25H31N7O.HI/c1-2-26-25(27-15-20-9-6-10-22(13-20)24-29-18-30-31-24)28-16-21-14-23(33)32(17-21)12-11-19-7-4-3-5-8-19;/h3-10,13,18,21H,2,11-12,14-17H2,1H3,(H2,26,27,28)(H,29,30,31);1H. The fourth-order valence-corrected chi connectivity index (χ4v) is 4.03. The summed E-state index contributed by atoms with van der Waals surface area (Å²) in [5.74, 6) is 2.03. The molecule has 2 aromatic carbocycles. The Morgan fingerprint density at radius 3 is 2.74 bits per heavy atom. The Hall–Kier alpha value is -2.95. The summed E-state index contributed by atoms with van der Waals surface area (Å²) in [5, 5.41) is 13.5. The molecular weight excluding hydrogens is 541 g/mol. The van der Waals surface area contributed by atoms with E-state index in [2.05, 4.69) is 44.0 Å². The van der Waals surface area contributed by atoms with Gasteiger partial charge in [-0.05, 0) is 30.5 Å². The monoisotopic (exact) mass is 573 g/mol. The van der Waals surface area contributed by atoms with Crippen LogP contribution in [0.2, 0.25) is 0 Å². The summed E-state index contributed by atoms with van der Waals surface area (Å²) in [6, 6.07) is 18.4. The zero-order valence-electron chi connectivity index (χ0n) is 19.4. The first-order valence-electron chi connectivity index (χ1n) is 11.5. The average Bonchev–Trinajstić information content (AvgIpc) is 3.50.